The molecule has 0 amide bonds. The molecule has 0 fully saturated rings. The van der Waals surface area contributed by atoms with Crippen LogP contribution in [-0.4, -0.2) is 37.7 Å². The maximum atomic E-state index is 13.6. The quantitative estimate of drug-likeness (QED) is 0.201. The summed E-state index contributed by atoms with van der Waals surface area (Å²) < 4.78 is 102. The standard InChI is InChI=1S/C24H20ClF3N6O6S2/c1-2-33(15-9-7-14(8-10-15)24(26,27)28)41(36,37)20-6-4-3-5-18(20)30-31-21-22(29)32-34(23(21)35)19-13-16(42(38,39)40)11-12-17(19)25/h3-13,32H,2,29H2,1H3,(H,38,39,40)/p-1. The van der Waals surface area contributed by atoms with Crippen LogP contribution in [0.2, 0.25) is 5.02 Å². The highest BCUT2D eigenvalue weighted by molar-refractivity contribution is 7.93. The molecule has 3 N–H and O–H groups in total. The number of nitrogen functional groups attached to an aromatic ring is 1. The van der Waals surface area contributed by atoms with Crippen LogP contribution < -0.4 is 15.6 Å². The van der Waals surface area contributed by atoms with Crippen molar-refractivity contribution in [2.45, 2.75) is 22.9 Å². The molecule has 18 heteroatoms. The number of hydrogen-bond acceptors (Lipinski definition) is 9. The van der Waals surface area contributed by atoms with E-state index < -0.39 is 48.0 Å². The number of H-pyrrole nitrogens is 1. The predicted molar refractivity (Wildman–Crippen MR) is 146 cm³/mol. The second-order valence-corrected chi connectivity index (χ2v) is 12.1. The van der Waals surface area contributed by atoms with Gasteiger partial charge in [0.2, 0.25) is 0 Å². The summed E-state index contributed by atoms with van der Waals surface area (Å²) in [5.74, 6) is -0.351. The minimum atomic E-state index is -4.89. The Morgan fingerprint density at radius 3 is 2.26 bits per heavy atom. The molecule has 3 aromatic carbocycles. The molecular weight excluding hydrogens is 625 g/mol. The third kappa shape index (κ3) is 6.03. The Morgan fingerprint density at radius 2 is 1.67 bits per heavy atom. The van der Waals surface area contributed by atoms with Gasteiger partial charge in [-0.05, 0) is 61.5 Å². The van der Waals surface area contributed by atoms with E-state index in [2.05, 4.69) is 15.3 Å². The summed E-state index contributed by atoms with van der Waals surface area (Å²) in [6.45, 7) is 1.34. The highest BCUT2D eigenvalue weighted by Gasteiger charge is 2.31. The first-order valence-electron chi connectivity index (χ1n) is 11.6. The van der Waals surface area contributed by atoms with Crippen molar-refractivity contribution in [3.8, 4) is 5.69 Å². The minimum Gasteiger partial charge on any atom is -0.744 e. The molecule has 0 aliphatic heterocycles. The zero-order valence-electron chi connectivity index (χ0n) is 21.2. The number of benzene rings is 3. The number of nitrogens with two attached hydrogens (primary N) is 1. The van der Waals surface area contributed by atoms with Crippen LogP contribution in [0.1, 0.15) is 12.5 Å². The number of azo groups is 1. The van der Waals surface area contributed by atoms with E-state index in [0.717, 1.165) is 51.5 Å². The fraction of sp³-hybridized carbons (Fsp3) is 0.125. The zero-order chi connectivity index (χ0) is 31.0. The first kappa shape index (κ1) is 30.8. The van der Waals surface area contributed by atoms with E-state index in [1.54, 1.807) is 0 Å². The van der Waals surface area contributed by atoms with E-state index in [4.69, 9.17) is 17.3 Å². The lowest BCUT2D eigenvalue weighted by atomic mass is 10.2. The van der Waals surface area contributed by atoms with E-state index >= 15 is 0 Å². The van der Waals surface area contributed by atoms with Gasteiger partial charge in [-0.15, -0.1) is 10.2 Å². The number of hydrogen-bond donors (Lipinski definition) is 2. The maximum Gasteiger partial charge on any atom is 0.416 e. The molecule has 4 rings (SSSR count). The Morgan fingerprint density at radius 1 is 1.02 bits per heavy atom. The van der Waals surface area contributed by atoms with Gasteiger partial charge < -0.3 is 10.3 Å². The van der Waals surface area contributed by atoms with Crippen molar-refractivity contribution >= 4 is 54.6 Å². The van der Waals surface area contributed by atoms with Gasteiger partial charge >= 0.3 is 11.7 Å². The molecule has 0 aliphatic carbocycles. The second-order valence-electron chi connectivity index (χ2n) is 8.46. The lowest BCUT2D eigenvalue weighted by Crippen LogP contribution is -2.30. The Hall–Kier alpha value is -4.19. The largest absolute Gasteiger partial charge is 0.744 e. The molecule has 12 nitrogen and oxygen atoms in total. The molecule has 1 aromatic heterocycles. The van der Waals surface area contributed by atoms with E-state index in [1.807, 2.05) is 0 Å². The summed E-state index contributed by atoms with van der Waals surface area (Å²) in [5, 5.41) is 10.0. The molecule has 42 heavy (non-hydrogen) atoms. The number of aromatic amines is 1. The van der Waals surface area contributed by atoms with Gasteiger partial charge in [-0.1, -0.05) is 23.7 Å². The van der Waals surface area contributed by atoms with Gasteiger partial charge in [0.1, 0.15) is 26.5 Å². The molecule has 4 aromatic rings. The van der Waals surface area contributed by atoms with Crippen molar-refractivity contribution in [1.29, 1.82) is 0 Å². The number of aromatic nitrogens is 2. The van der Waals surface area contributed by atoms with E-state index in [1.165, 1.54) is 31.2 Å². The van der Waals surface area contributed by atoms with Crippen LogP contribution in [-0.2, 0) is 26.3 Å². The first-order valence-corrected chi connectivity index (χ1v) is 14.9. The lowest BCUT2D eigenvalue weighted by molar-refractivity contribution is -0.137. The van der Waals surface area contributed by atoms with Crippen LogP contribution in [0.4, 0.5) is 36.1 Å². The summed E-state index contributed by atoms with van der Waals surface area (Å²) >= 11 is 6.08. The fourth-order valence-electron chi connectivity index (χ4n) is 3.82. The Balaban J connectivity index is 1.74. The molecule has 0 saturated carbocycles. The summed E-state index contributed by atoms with van der Waals surface area (Å²) in [4.78, 5) is 12.0. The van der Waals surface area contributed by atoms with Crippen LogP contribution in [0.15, 0.2) is 91.5 Å². The SMILES string of the molecule is CCN(c1ccc(C(F)(F)F)cc1)S(=O)(=O)c1ccccc1N=Nc1c(N)[nH]n(-c2cc(S(=O)(=O)[O-])ccc2Cl)c1=O. The Labute approximate surface area is 241 Å². The van der Waals surface area contributed by atoms with Gasteiger partial charge in [0.25, 0.3) is 10.0 Å². The molecule has 0 bridgehead atoms. The highest BCUT2D eigenvalue weighted by atomic mass is 35.5. The van der Waals surface area contributed by atoms with Crippen LogP contribution in [0.3, 0.4) is 0 Å². The number of halogens is 4. The summed E-state index contributed by atoms with van der Waals surface area (Å²) in [6.07, 6.45) is -4.61. The van der Waals surface area contributed by atoms with Crippen LogP contribution >= 0.6 is 11.6 Å². The number of rotatable bonds is 8. The third-order valence-electron chi connectivity index (χ3n) is 5.80. The summed E-state index contributed by atoms with van der Waals surface area (Å²) in [7, 11) is -9.29. The minimum absolute atomic E-state index is 0.0331. The predicted octanol–water partition coefficient (Wildman–Crippen LogP) is 4.95. The maximum absolute atomic E-state index is 13.6. The molecule has 0 unspecified atom stereocenters. The Kier molecular flexibility index (Phi) is 8.23. The second kappa shape index (κ2) is 11.2. The van der Waals surface area contributed by atoms with E-state index in [0.29, 0.717) is 0 Å². The number of nitrogens with zero attached hydrogens (tertiary/aromatic N) is 4. The van der Waals surface area contributed by atoms with Crippen LogP contribution in [0.5, 0.6) is 0 Å². The molecule has 0 aliphatic rings. The van der Waals surface area contributed by atoms with Crippen molar-refractivity contribution in [3.05, 3.63) is 87.7 Å². The zero-order valence-corrected chi connectivity index (χ0v) is 23.6. The lowest BCUT2D eigenvalue weighted by Gasteiger charge is -2.23. The van der Waals surface area contributed by atoms with Gasteiger partial charge in [-0.2, -0.15) is 13.2 Å². The van der Waals surface area contributed by atoms with E-state index in [9.17, 15) is 39.4 Å². The number of anilines is 2. The number of nitrogens with one attached hydrogen (secondary N) is 1. The number of alkyl halides is 3. The summed E-state index contributed by atoms with van der Waals surface area (Å²) in [5.41, 5.74) is 2.97. The van der Waals surface area contributed by atoms with Gasteiger partial charge in [-0.3, -0.25) is 14.2 Å². The fourth-order valence-corrected chi connectivity index (χ4v) is 6.11. The average Bonchev–Trinajstić information content (AvgIpc) is 3.19. The Bertz CT molecular complexity index is 1960. The van der Waals surface area contributed by atoms with Crippen molar-refractivity contribution in [2.24, 2.45) is 10.2 Å². The van der Waals surface area contributed by atoms with Crippen LogP contribution in [0.25, 0.3) is 5.69 Å². The average molecular weight is 644 g/mol. The molecule has 222 valence electrons. The van der Waals surface area contributed by atoms with Gasteiger partial charge in [0.15, 0.2) is 5.69 Å². The van der Waals surface area contributed by atoms with Gasteiger partial charge in [-0.25, -0.2) is 21.5 Å². The smallest absolute Gasteiger partial charge is 0.416 e. The number of sulfonamides is 1. The van der Waals surface area contributed by atoms with Crippen LogP contribution in [0, 0.1) is 0 Å². The van der Waals surface area contributed by atoms with Crippen molar-refractivity contribution < 1.29 is 34.6 Å². The molecule has 0 spiro atoms. The monoisotopic (exact) mass is 643 g/mol. The molecule has 0 atom stereocenters. The van der Waals surface area contributed by atoms with Gasteiger partial charge in [0.05, 0.1) is 26.9 Å². The topological polar surface area (TPSA) is 183 Å². The third-order valence-corrected chi connectivity index (χ3v) is 8.90. The molecule has 0 saturated heterocycles. The van der Waals surface area contributed by atoms with Crippen molar-refractivity contribution in [2.75, 3.05) is 16.6 Å². The van der Waals surface area contributed by atoms with Gasteiger partial charge in [0, 0.05) is 6.54 Å². The van der Waals surface area contributed by atoms with Crippen molar-refractivity contribution in [1.82, 2.24) is 9.78 Å². The van der Waals surface area contributed by atoms with E-state index in [-0.39, 0.29) is 39.3 Å². The molecular formula is C24H19ClF3N6O6S2-. The highest BCUT2D eigenvalue weighted by Crippen LogP contribution is 2.34. The molecule has 0 radical (unpaired) electrons. The molecule has 1 heterocycles. The first-order chi connectivity index (χ1) is 19.6. The normalized spacial score (nSPS) is 12.6. The summed E-state index contributed by atoms with van der Waals surface area (Å²) in [6, 6.07) is 11.8. The van der Waals surface area contributed by atoms with Crippen molar-refractivity contribution in [3.63, 3.8) is 0 Å².